The number of benzene rings is 1. The van der Waals surface area contributed by atoms with Crippen molar-refractivity contribution in [3.63, 3.8) is 0 Å². The lowest BCUT2D eigenvalue weighted by Gasteiger charge is -2.26. The topological polar surface area (TPSA) is 87.7 Å². The average Bonchev–Trinajstić information content (AvgIpc) is 2.38. The van der Waals surface area contributed by atoms with E-state index in [2.05, 4.69) is 15.4 Å². The van der Waals surface area contributed by atoms with Crippen LogP contribution in [0.2, 0.25) is 0 Å². The van der Waals surface area contributed by atoms with Gasteiger partial charge in [0.25, 0.3) is 0 Å². The van der Waals surface area contributed by atoms with Crippen molar-refractivity contribution in [1.82, 2.24) is 5.32 Å². The predicted octanol–water partition coefficient (Wildman–Crippen LogP) is 3.19. The molecule has 128 valence electrons. The van der Waals surface area contributed by atoms with Gasteiger partial charge in [0.1, 0.15) is 11.6 Å². The molecule has 0 aromatic heterocycles. The number of aliphatic carboxylic acids is 1. The van der Waals surface area contributed by atoms with Gasteiger partial charge in [-0.15, -0.1) is 0 Å². The Labute approximate surface area is 130 Å². The van der Waals surface area contributed by atoms with Gasteiger partial charge in [0, 0.05) is 18.0 Å². The van der Waals surface area contributed by atoms with Gasteiger partial charge in [-0.2, -0.15) is 8.78 Å². The van der Waals surface area contributed by atoms with Crippen molar-refractivity contribution >= 4 is 17.7 Å². The van der Waals surface area contributed by atoms with Crippen LogP contribution in [0.5, 0.6) is 5.75 Å². The monoisotopic (exact) mass is 334 g/mol. The molecule has 0 radical (unpaired) electrons. The molecule has 9 heteroatoms. The lowest BCUT2D eigenvalue weighted by molar-refractivity contribution is -0.137. The van der Waals surface area contributed by atoms with Crippen LogP contribution < -0.4 is 15.4 Å². The number of nitrogens with one attached hydrogen (secondary N) is 2. The molecule has 1 rings (SSSR count). The number of carbonyl (C=O) groups excluding carboxylic acids is 1. The van der Waals surface area contributed by atoms with Crippen LogP contribution in [0.15, 0.2) is 18.2 Å². The first-order valence-electron chi connectivity index (χ1n) is 6.64. The molecule has 0 saturated carbocycles. The minimum atomic E-state index is -3.13. The molecular weight excluding hydrogens is 317 g/mol. The molecule has 0 fully saturated rings. The fourth-order valence-electron chi connectivity index (χ4n) is 1.74. The number of alkyl halides is 2. The number of anilines is 1. The second-order valence-corrected chi connectivity index (χ2v) is 5.38. The fourth-order valence-corrected chi connectivity index (χ4v) is 1.74. The minimum absolute atomic E-state index is 0.152. The van der Waals surface area contributed by atoms with Gasteiger partial charge in [0.05, 0.1) is 5.69 Å². The van der Waals surface area contributed by atoms with E-state index in [4.69, 9.17) is 5.11 Å². The molecule has 0 aliphatic heterocycles. The third-order valence-corrected chi connectivity index (χ3v) is 2.82. The molecule has 0 heterocycles. The third kappa shape index (κ3) is 6.90. The van der Waals surface area contributed by atoms with Gasteiger partial charge in [0.2, 0.25) is 0 Å². The van der Waals surface area contributed by atoms with Crippen molar-refractivity contribution in [1.29, 1.82) is 0 Å². The zero-order valence-electron chi connectivity index (χ0n) is 12.5. The van der Waals surface area contributed by atoms with Crippen molar-refractivity contribution in [2.24, 2.45) is 0 Å². The predicted molar refractivity (Wildman–Crippen MR) is 76.1 cm³/mol. The summed E-state index contributed by atoms with van der Waals surface area (Å²) >= 11 is 0. The highest BCUT2D eigenvalue weighted by Gasteiger charge is 2.22. The summed E-state index contributed by atoms with van der Waals surface area (Å²) in [6.07, 6.45) is -0.00765. The van der Waals surface area contributed by atoms with E-state index in [9.17, 15) is 22.8 Å². The number of urea groups is 1. The van der Waals surface area contributed by atoms with Gasteiger partial charge < -0.3 is 20.5 Å². The summed E-state index contributed by atoms with van der Waals surface area (Å²) in [6, 6.07) is 1.91. The number of hydrogen-bond acceptors (Lipinski definition) is 3. The molecule has 0 atom stereocenters. The van der Waals surface area contributed by atoms with Crippen LogP contribution in [-0.2, 0) is 4.79 Å². The number of carboxylic acids is 1. The molecule has 0 spiro atoms. The van der Waals surface area contributed by atoms with Gasteiger partial charge in [0.15, 0.2) is 0 Å². The Morgan fingerprint density at radius 1 is 1.35 bits per heavy atom. The van der Waals surface area contributed by atoms with E-state index in [0.717, 1.165) is 18.2 Å². The maximum absolute atomic E-state index is 13.2. The van der Waals surface area contributed by atoms with Crippen molar-refractivity contribution in [2.75, 3.05) is 5.32 Å². The largest absolute Gasteiger partial charge is 0.481 e. The summed E-state index contributed by atoms with van der Waals surface area (Å²) in [5.41, 5.74) is -1.13. The molecule has 6 nitrogen and oxygen atoms in total. The van der Waals surface area contributed by atoms with Gasteiger partial charge in [-0.05, 0) is 32.4 Å². The normalized spacial score (nSPS) is 11.2. The third-order valence-electron chi connectivity index (χ3n) is 2.82. The maximum atomic E-state index is 13.2. The molecule has 1 aromatic carbocycles. The SMILES string of the molecule is CC(C)(CCC(=O)O)NC(=O)Nc1cc(F)ccc1OC(F)F. The first-order valence-corrected chi connectivity index (χ1v) is 6.64. The van der Waals surface area contributed by atoms with Crippen LogP contribution in [-0.4, -0.2) is 29.3 Å². The Balaban J connectivity index is 2.76. The van der Waals surface area contributed by atoms with Crippen molar-refractivity contribution < 1.29 is 32.6 Å². The molecule has 23 heavy (non-hydrogen) atoms. The van der Waals surface area contributed by atoms with E-state index in [1.807, 2.05) is 0 Å². The Morgan fingerprint density at radius 2 is 2.00 bits per heavy atom. The van der Waals surface area contributed by atoms with E-state index in [-0.39, 0.29) is 24.3 Å². The highest BCUT2D eigenvalue weighted by atomic mass is 19.3. The summed E-state index contributed by atoms with van der Waals surface area (Å²) in [5, 5.41) is 13.3. The number of halogens is 3. The summed E-state index contributed by atoms with van der Waals surface area (Å²) in [5.74, 6) is -2.15. The van der Waals surface area contributed by atoms with Gasteiger partial charge in [-0.1, -0.05) is 0 Å². The number of carboxylic acid groups (broad SMARTS) is 1. The molecule has 0 aliphatic carbocycles. The highest BCUT2D eigenvalue weighted by Crippen LogP contribution is 2.27. The fraction of sp³-hybridized carbons (Fsp3) is 0.429. The van der Waals surface area contributed by atoms with E-state index >= 15 is 0 Å². The Kier molecular flexibility index (Phi) is 6.23. The van der Waals surface area contributed by atoms with Gasteiger partial charge in [-0.3, -0.25) is 4.79 Å². The lowest BCUT2D eigenvalue weighted by Crippen LogP contribution is -2.45. The Bertz CT molecular complexity index is 579. The number of carbonyl (C=O) groups is 2. The lowest BCUT2D eigenvalue weighted by atomic mass is 9.99. The summed E-state index contributed by atoms with van der Waals surface area (Å²) < 4.78 is 42.0. The quantitative estimate of drug-likeness (QED) is 0.714. The first-order chi connectivity index (χ1) is 10.6. The number of rotatable bonds is 7. The van der Waals surface area contributed by atoms with E-state index in [0.29, 0.717) is 0 Å². The first kappa shape index (κ1) is 18.6. The Morgan fingerprint density at radius 3 is 2.57 bits per heavy atom. The molecule has 1 aromatic rings. The van der Waals surface area contributed by atoms with E-state index < -0.39 is 30.0 Å². The highest BCUT2D eigenvalue weighted by molar-refractivity contribution is 5.91. The molecule has 0 bridgehead atoms. The average molecular weight is 334 g/mol. The van der Waals surface area contributed by atoms with Crippen molar-refractivity contribution in [3.05, 3.63) is 24.0 Å². The Hall–Kier alpha value is -2.45. The van der Waals surface area contributed by atoms with Crippen LogP contribution in [0.1, 0.15) is 26.7 Å². The second-order valence-electron chi connectivity index (χ2n) is 5.38. The summed E-state index contributed by atoms with van der Waals surface area (Å²) in [6.45, 7) is 0.0612. The molecule has 0 saturated heterocycles. The van der Waals surface area contributed by atoms with Crippen LogP contribution in [0.3, 0.4) is 0 Å². The standard InChI is InChI=1S/C14H17F3N2O4/c1-14(2,6-5-11(20)21)19-13(22)18-9-7-8(15)3-4-10(9)23-12(16)17/h3-4,7,12H,5-6H2,1-2H3,(H,20,21)(H2,18,19,22). The zero-order chi connectivity index (χ0) is 17.6. The number of amides is 2. The molecular formula is C14H17F3N2O4. The van der Waals surface area contributed by atoms with Gasteiger partial charge in [-0.25, -0.2) is 9.18 Å². The zero-order valence-corrected chi connectivity index (χ0v) is 12.5. The molecule has 2 amide bonds. The molecule has 0 aliphatic rings. The van der Waals surface area contributed by atoms with Crippen LogP contribution in [0.4, 0.5) is 23.7 Å². The van der Waals surface area contributed by atoms with Crippen molar-refractivity contribution in [3.8, 4) is 5.75 Å². The summed E-state index contributed by atoms with van der Waals surface area (Å²) in [7, 11) is 0. The van der Waals surface area contributed by atoms with Crippen molar-refractivity contribution in [2.45, 2.75) is 38.8 Å². The second kappa shape index (κ2) is 7.70. The maximum Gasteiger partial charge on any atom is 0.387 e. The van der Waals surface area contributed by atoms with Crippen LogP contribution in [0, 0.1) is 5.82 Å². The van der Waals surface area contributed by atoms with Crippen LogP contribution in [0.25, 0.3) is 0 Å². The van der Waals surface area contributed by atoms with Crippen LogP contribution >= 0.6 is 0 Å². The molecule has 0 unspecified atom stereocenters. The minimum Gasteiger partial charge on any atom is -0.481 e. The summed E-state index contributed by atoms with van der Waals surface area (Å²) in [4.78, 5) is 22.4. The smallest absolute Gasteiger partial charge is 0.387 e. The van der Waals surface area contributed by atoms with Gasteiger partial charge >= 0.3 is 18.6 Å². The van der Waals surface area contributed by atoms with E-state index in [1.54, 1.807) is 13.8 Å². The number of ether oxygens (including phenoxy) is 1. The number of hydrogen-bond donors (Lipinski definition) is 3. The molecule has 3 N–H and O–H groups in total. The van der Waals surface area contributed by atoms with E-state index in [1.165, 1.54) is 0 Å².